The quantitative estimate of drug-likeness (QED) is 0.800. The monoisotopic (exact) mass is 375 g/mol. The minimum absolute atomic E-state index is 0.0875. The minimum Gasteiger partial charge on any atom is -0.459 e. The maximum Gasteiger partial charge on any atom is 0.289 e. The van der Waals surface area contributed by atoms with E-state index in [1.807, 2.05) is 4.90 Å². The summed E-state index contributed by atoms with van der Waals surface area (Å²) in [7, 11) is 0. The number of nitrogens with zero attached hydrogens (tertiary/aromatic N) is 3. The molecule has 27 heavy (non-hydrogen) atoms. The molecule has 7 nitrogen and oxygen atoms in total. The molecule has 0 radical (unpaired) electrons. The van der Waals surface area contributed by atoms with E-state index in [4.69, 9.17) is 9.15 Å². The van der Waals surface area contributed by atoms with Gasteiger partial charge in [-0.2, -0.15) is 0 Å². The largest absolute Gasteiger partial charge is 0.459 e. The number of carbonyl (C=O) groups excluding carboxylic acids is 2. The molecule has 0 bridgehead atoms. The van der Waals surface area contributed by atoms with Gasteiger partial charge in [-0.3, -0.25) is 14.5 Å². The maximum atomic E-state index is 13.0. The standard InChI is InChI=1S/C20H29N3O4/c24-19(16-3-1-7-23(15-16)17-5-13-26-14-6-17)21-8-10-22(11-9-21)20(25)18-4-2-12-27-18/h2,4,12,16-17H,1,3,5-11,13-15H2/t16-/m1/s1. The number of furan rings is 1. The number of hydrogen-bond acceptors (Lipinski definition) is 5. The number of carbonyl (C=O) groups is 2. The van der Waals surface area contributed by atoms with Crippen LogP contribution in [-0.2, 0) is 9.53 Å². The van der Waals surface area contributed by atoms with Crippen molar-refractivity contribution in [2.45, 2.75) is 31.7 Å². The summed E-state index contributed by atoms with van der Waals surface area (Å²) >= 11 is 0. The van der Waals surface area contributed by atoms with E-state index in [1.165, 1.54) is 6.26 Å². The highest BCUT2D eigenvalue weighted by molar-refractivity contribution is 5.91. The summed E-state index contributed by atoms with van der Waals surface area (Å²) in [6, 6.07) is 3.98. The molecule has 2 amide bonds. The van der Waals surface area contributed by atoms with Gasteiger partial charge < -0.3 is 19.0 Å². The zero-order valence-corrected chi connectivity index (χ0v) is 15.8. The SMILES string of the molecule is O=C(c1ccco1)N1CCN(C(=O)[C@@H]2CCCN(C3CCOCC3)C2)CC1. The average molecular weight is 375 g/mol. The van der Waals surface area contributed by atoms with Crippen molar-refractivity contribution in [2.75, 3.05) is 52.5 Å². The van der Waals surface area contributed by atoms with Gasteiger partial charge in [-0.15, -0.1) is 0 Å². The van der Waals surface area contributed by atoms with Crippen LogP contribution < -0.4 is 0 Å². The number of piperazine rings is 1. The van der Waals surface area contributed by atoms with Crippen LogP contribution in [0, 0.1) is 5.92 Å². The van der Waals surface area contributed by atoms with Crippen molar-refractivity contribution < 1.29 is 18.7 Å². The topological polar surface area (TPSA) is 66.2 Å². The van der Waals surface area contributed by atoms with Crippen molar-refractivity contribution in [3.05, 3.63) is 24.2 Å². The van der Waals surface area contributed by atoms with E-state index >= 15 is 0 Å². The zero-order chi connectivity index (χ0) is 18.6. The second-order valence-electron chi connectivity index (χ2n) is 7.77. The Bertz CT molecular complexity index is 634. The Balaban J connectivity index is 1.29. The molecule has 3 aliphatic rings. The van der Waals surface area contributed by atoms with Crippen LogP contribution in [0.4, 0.5) is 0 Å². The summed E-state index contributed by atoms with van der Waals surface area (Å²) in [5.74, 6) is 0.635. The molecule has 148 valence electrons. The zero-order valence-electron chi connectivity index (χ0n) is 15.8. The predicted octanol–water partition coefficient (Wildman–Crippen LogP) is 1.45. The number of hydrogen-bond donors (Lipinski definition) is 0. The summed E-state index contributed by atoms with van der Waals surface area (Å²) in [6.45, 7) is 6.01. The third kappa shape index (κ3) is 4.19. The van der Waals surface area contributed by atoms with Gasteiger partial charge in [-0.05, 0) is 44.4 Å². The molecule has 4 rings (SSSR count). The fourth-order valence-corrected chi connectivity index (χ4v) is 4.53. The molecular weight excluding hydrogens is 346 g/mol. The lowest BCUT2D eigenvalue weighted by Gasteiger charge is -2.42. The minimum atomic E-state index is -0.0875. The molecule has 4 heterocycles. The number of ether oxygens (including phenoxy) is 1. The molecule has 1 atom stereocenters. The summed E-state index contributed by atoms with van der Waals surface area (Å²) in [6.07, 6.45) is 5.73. The van der Waals surface area contributed by atoms with E-state index in [9.17, 15) is 9.59 Å². The Morgan fingerprint density at radius 2 is 1.70 bits per heavy atom. The molecule has 0 saturated carbocycles. The third-order valence-corrected chi connectivity index (χ3v) is 6.12. The highest BCUT2D eigenvalue weighted by Gasteiger charge is 2.34. The number of likely N-dealkylation sites (tertiary alicyclic amines) is 1. The summed E-state index contributed by atoms with van der Waals surface area (Å²) < 4.78 is 10.7. The van der Waals surface area contributed by atoms with Gasteiger partial charge >= 0.3 is 0 Å². The first-order chi connectivity index (χ1) is 13.2. The van der Waals surface area contributed by atoms with Crippen LogP contribution in [0.5, 0.6) is 0 Å². The molecule has 3 fully saturated rings. The second kappa shape index (κ2) is 8.44. The summed E-state index contributed by atoms with van der Waals surface area (Å²) in [4.78, 5) is 31.6. The van der Waals surface area contributed by atoms with E-state index in [0.717, 1.165) is 52.0 Å². The molecular formula is C20H29N3O4. The number of amides is 2. The molecule has 0 aliphatic carbocycles. The predicted molar refractivity (Wildman–Crippen MR) is 99.3 cm³/mol. The van der Waals surface area contributed by atoms with Gasteiger partial charge in [0, 0.05) is 52.0 Å². The van der Waals surface area contributed by atoms with Gasteiger partial charge in [-0.25, -0.2) is 0 Å². The number of rotatable bonds is 3. The van der Waals surface area contributed by atoms with Crippen LogP contribution in [0.1, 0.15) is 36.2 Å². The van der Waals surface area contributed by atoms with Crippen LogP contribution in [0.3, 0.4) is 0 Å². The van der Waals surface area contributed by atoms with Crippen LogP contribution in [0.25, 0.3) is 0 Å². The lowest BCUT2D eigenvalue weighted by molar-refractivity contribution is -0.139. The summed E-state index contributed by atoms with van der Waals surface area (Å²) in [5.41, 5.74) is 0. The van der Waals surface area contributed by atoms with Gasteiger partial charge in [-0.1, -0.05) is 0 Å². The first-order valence-corrected chi connectivity index (χ1v) is 10.2. The van der Waals surface area contributed by atoms with Gasteiger partial charge in [0.2, 0.25) is 5.91 Å². The van der Waals surface area contributed by atoms with Crippen molar-refractivity contribution in [1.82, 2.24) is 14.7 Å². The van der Waals surface area contributed by atoms with Crippen molar-refractivity contribution in [3.63, 3.8) is 0 Å². The Morgan fingerprint density at radius 3 is 2.41 bits per heavy atom. The smallest absolute Gasteiger partial charge is 0.289 e. The molecule has 3 saturated heterocycles. The van der Waals surface area contributed by atoms with Gasteiger partial charge in [0.15, 0.2) is 5.76 Å². The first-order valence-electron chi connectivity index (χ1n) is 10.2. The Labute approximate surface area is 160 Å². The Kier molecular flexibility index (Phi) is 5.78. The fraction of sp³-hybridized carbons (Fsp3) is 0.700. The van der Waals surface area contributed by atoms with Crippen molar-refractivity contribution >= 4 is 11.8 Å². The van der Waals surface area contributed by atoms with Gasteiger partial charge in [0.05, 0.1) is 12.2 Å². The van der Waals surface area contributed by atoms with Crippen molar-refractivity contribution in [3.8, 4) is 0 Å². The van der Waals surface area contributed by atoms with Crippen molar-refractivity contribution in [2.24, 2.45) is 5.92 Å². The molecule has 0 N–H and O–H groups in total. The molecule has 0 unspecified atom stereocenters. The van der Waals surface area contributed by atoms with E-state index < -0.39 is 0 Å². The Morgan fingerprint density at radius 1 is 0.963 bits per heavy atom. The van der Waals surface area contributed by atoms with Crippen LogP contribution in [-0.4, -0.2) is 85.0 Å². The molecule has 1 aromatic rings. The van der Waals surface area contributed by atoms with E-state index in [0.29, 0.717) is 38.0 Å². The maximum absolute atomic E-state index is 13.0. The van der Waals surface area contributed by atoms with Crippen LogP contribution in [0.15, 0.2) is 22.8 Å². The van der Waals surface area contributed by atoms with Gasteiger partial charge in [0.1, 0.15) is 0 Å². The lowest BCUT2D eigenvalue weighted by Crippen LogP contribution is -2.54. The molecule has 0 spiro atoms. The van der Waals surface area contributed by atoms with Crippen LogP contribution in [0.2, 0.25) is 0 Å². The third-order valence-electron chi connectivity index (χ3n) is 6.12. The van der Waals surface area contributed by atoms with Crippen molar-refractivity contribution in [1.29, 1.82) is 0 Å². The molecule has 7 heteroatoms. The van der Waals surface area contributed by atoms with E-state index in [1.54, 1.807) is 17.0 Å². The highest BCUT2D eigenvalue weighted by atomic mass is 16.5. The normalized spacial score (nSPS) is 25.6. The van der Waals surface area contributed by atoms with E-state index in [2.05, 4.69) is 4.90 Å². The summed E-state index contributed by atoms with van der Waals surface area (Å²) in [5, 5.41) is 0. The molecule has 3 aliphatic heterocycles. The number of piperidine rings is 1. The first kappa shape index (κ1) is 18.5. The lowest BCUT2D eigenvalue weighted by atomic mass is 9.93. The van der Waals surface area contributed by atoms with Gasteiger partial charge in [0.25, 0.3) is 5.91 Å². The molecule has 1 aromatic heterocycles. The van der Waals surface area contributed by atoms with Crippen LogP contribution >= 0.6 is 0 Å². The van der Waals surface area contributed by atoms with E-state index in [-0.39, 0.29) is 17.7 Å². The highest BCUT2D eigenvalue weighted by Crippen LogP contribution is 2.25. The fourth-order valence-electron chi connectivity index (χ4n) is 4.53. The molecule has 0 aromatic carbocycles. The second-order valence-corrected chi connectivity index (χ2v) is 7.77. The average Bonchev–Trinajstić information content (AvgIpc) is 3.28. The Hall–Kier alpha value is -1.86.